The summed E-state index contributed by atoms with van der Waals surface area (Å²) in [6, 6.07) is 16.9. The Balaban J connectivity index is 1.74. The van der Waals surface area contributed by atoms with E-state index in [1.807, 2.05) is 68.4 Å². The molecule has 0 fully saturated rings. The molecule has 172 valence electrons. The molecule has 0 bridgehead atoms. The number of hydrogen-bond acceptors (Lipinski definition) is 5. The molecule has 1 aromatic heterocycles. The van der Waals surface area contributed by atoms with Gasteiger partial charge in [0.25, 0.3) is 5.89 Å². The topological polar surface area (TPSA) is 80.5 Å². The molecule has 2 aromatic carbocycles. The quantitative estimate of drug-likeness (QED) is 0.419. The first-order valence-corrected chi connectivity index (χ1v) is 11.5. The van der Waals surface area contributed by atoms with Gasteiger partial charge in [0, 0.05) is 17.8 Å². The number of carbonyl (C=O) groups is 1. The van der Waals surface area contributed by atoms with Gasteiger partial charge in [0.1, 0.15) is 5.75 Å². The van der Waals surface area contributed by atoms with Gasteiger partial charge >= 0.3 is 6.03 Å². The van der Waals surface area contributed by atoms with Crippen molar-refractivity contribution in [1.82, 2.24) is 20.4 Å². The number of amides is 2. The maximum Gasteiger partial charge on any atom is 0.322 e. The summed E-state index contributed by atoms with van der Waals surface area (Å²) in [4.78, 5) is 19.5. The van der Waals surface area contributed by atoms with E-state index >= 15 is 0 Å². The summed E-state index contributed by atoms with van der Waals surface area (Å²) in [6.45, 7) is 7.29. The fourth-order valence-corrected chi connectivity index (χ4v) is 4.06. The van der Waals surface area contributed by atoms with Crippen molar-refractivity contribution < 1.29 is 14.1 Å². The van der Waals surface area contributed by atoms with Crippen molar-refractivity contribution >= 4 is 11.6 Å². The van der Waals surface area contributed by atoms with E-state index in [1.54, 1.807) is 4.90 Å². The summed E-state index contributed by atoms with van der Waals surface area (Å²) in [5, 5.41) is 7.36. The molecule has 4 rings (SSSR count). The third-order valence-corrected chi connectivity index (χ3v) is 5.79. The van der Waals surface area contributed by atoms with Crippen molar-refractivity contribution in [3.05, 3.63) is 71.7 Å². The molecule has 1 atom stereocenters. The van der Waals surface area contributed by atoms with Crippen LogP contribution in [0.15, 0.2) is 64.8 Å². The number of nitrogens with zero attached hydrogens (tertiary/aromatic N) is 3. The van der Waals surface area contributed by atoms with Crippen LogP contribution in [0.25, 0.3) is 17.0 Å². The molecule has 2 amide bonds. The lowest BCUT2D eigenvalue weighted by atomic mass is 9.94. The van der Waals surface area contributed by atoms with E-state index in [9.17, 15) is 4.79 Å². The summed E-state index contributed by atoms with van der Waals surface area (Å²) in [7, 11) is 0. The number of nitrogens with one attached hydrogen (secondary N) is 1. The van der Waals surface area contributed by atoms with Gasteiger partial charge in [0.15, 0.2) is 0 Å². The van der Waals surface area contributed by atoms with Gasteiger partial charge in [-0.3, -0.25) is 4.90 Å². The van der Waals surface area contributed by atoms with Crippen molar-refractivity contribution in [2.24, 2.45) is 0 Å². The summed E-state index contributed by atoms with van der Waals surface area (Å²) in [5.41, 5.74) is 3.44. The van der Waals surface area contributed by atoms with Gasteiger partial charge in [-0.1, -0.05) is 67.4 Å². The Labute approximate surface area is 194 Å². The van der Waals surface area contributed by atoms with Crippen molar-refractivity contribution in [2.45, 2.75) is 46.1 Å². The molecular formula is C26H30N4O3. The highest BCUT2D eigenvalue weighted by atomic mass is 16.5. The number of carbonyl (C=O) groups excluding carboxylic acids is 1. The molecular weight excluding hydrogens is 416 g/mol. The zero-order chi connectivity index (χ0) is 23.2. The molecule has 33 heavy (non-hydrogen) atoms. The molecule has 0 spiro atoms. The van der Waals surface area contributed by atoms with Crippen LogP contribution in [0.4, 0.5) is 4.79 Å². The second-order valence-corrected chi connectivity index (χ2v) is 8.03. The first kappa shape index (κ1) is 22.6. The minimum Gasteiger partial charge on any atom is -0.494 e. The summed E-state index contributed by atoms with van der Waals surface area (Å²) < 4.78 is 11.3. The smallest absolute Gasteiger partial charge is 0.322 e. The van der Waals surface area contributed by atoms with Crippen LogP contribution < -0.4 is 10.1 Å². The minimum absolute atomic E-state index is 0.117. The van der Waals surface area contributed by atoms with Crippen LogP contribution in [0.2, 0.25) is 0 Å². The van der Waals surface area contributed by atoms with E-state index in [2.05, 4.69) is 17.4 Å². The molecule has 7 heteroatoms. The highest BCUT2D eigenvalue weighted by Gasteiger charge is 2.35. The van der Waals surface area contributed by atoms with Crippen LogP contribution in [0.1, 0.15) is 57.5 Å². The largest absolute Gasteiger partial charge is 0.494 e. The van der Waals surface area contributed by atoms with Crippen molar-refractivity contribution in [1.29, 1.82) is 0 Å². The molecule has 1 aliphatic rings. The normalized spacial score (nSPS) is 16.2. The van der Waals surface area contributed by atoms with Gasteiger partial charge in [-0.05, 0) is 38.0 Å². The van der Waals surface area contributed by atoms with Gasteiger partial charge in [-0.25, -0.2) is 4.79 Å². The first-order valence-electron chi connectivity index (χ1n) is 11.5. The van der Waals surface area contributed by atoms with Crippen LogP contribution in [0, 0.1) is 0 Å². The van der Waals surface area contributed by atoms with E-state index in [1.165, 1.54) is 0 Å². The number of aromatic nitrogens is 2. The third kappa shape index (κ3) is 4.92. The molecule has 0 saturated carbocycles. The zero-order valence-electron chi connectivity index (χ0n) is 19.4. The maximum absolute atomic E-state index is 13.0. The Morgan fingerprint density at radius 2 is 1.82 bits per heavy atom. The van der Waals surface area contributed by atoms with Crippen molar-refractivity contribution in [3.8, 4) is 17.1 Å². The average molecular weight is 447 g/mol. The van der Waals surface area contributed by atoms with Crippen molar-refractivity contribution in [2.75, 3.05) is 13.2 Å². The predicted octanol–water partition coefficient (Wildman–Crippen LogP) is 5.82. The number of allylic oxidation sites excluding steroid dienone is 1. The van der Waals surface area contributed by atoms with Gasteiger partial charge in [-0.15, -0.1) is 0 Å². The van der Waals surface area contributed by atoms with Crippen molar-refractivity contribution in [3.63, 3.8) is 0 Å². The molecule has 1 aliphatic heterocycles. The number of unbranched alkanes of at least 4 members (excludes halogenated alkanes) is 2. The van der Waals surface area contributed by atoms with Gasteiger partial charge in [0.2, 0.25) is 5.82 Å². The third-order valence-electron chi connectivity index (χ3n) is 5.79. The Bertz CT molecular complexity index is 1110. The SMILES string of the molecule is CCCCCN1C(=O)NC(c2ccc(OCC)cc2)C(c2nc(-c3ccccc3)no2)=C1C. The molecule has 0 aliphatic carbocycles. The predicted molar refractivity (Wildman–Crippen MR) is 127 cm³/mol. The molecule has 0 saturated heterocycles. The summed E-state index contributed by atoms with van der Waals surface area (Å²) in [6.07, 6.45) is 3.08. The van der Waals surface area contributed by atoms with Crippen LogP contribution in [-0.2, 0) is 0 Å². The van der Waals surface area contributed by atoms with Crippen LogP contribution in [0.5, 0.6) is 5.75 Å². The number of benzene rings is 2. The molecule has 2 heterocycles. The Hall–Kier alpha value is -3.61. The highest BCUT2D eigenvalue weighted by Crippen LogP contribution is 2.37. The Morgan fingerprint density at radius 1 is 1.06 bits per heavy atom. The standard InChI is InChI=1S/C26H30N4O3/c1-4-6-10-17-30-18(3)22(25-28-24(29-33-25)20-11-8-7-9-12-20)23(27-26(30)31)19-13-15-21(16-14-19)32-5-2/h7-9,11-16,23H,4-6,10,17H2,1-3H3,(H,27,31). The lowest BCUT2D eigenvalue weighted by molar-refractivity contribution is 0.204. The monoisotopic (exact) mass is 446 g/mol. The summed E-state index contributed by atoms with van der Waals surface area (Å²) >= 11 is 0. The minimum atomic E-state index is -0.403. The molecule has 0 radical (unpaired) electrons. The van der Waals surface area contributed by atoms with Gasteiger partial charge in [-0.2, -0.15) is 4.98 Å². The molecule has 3 aromatic rings. The zero-order valence-corrected chi connectivity index (χ0v) is 19.4. The lowest BCUT2D eigenvalue weighted by Gasteiger charge is -2.35. The van der Waals surface area contributed by atoms with Gasteiger partial charge in [0.05, 0.1) is 18.2 Å². The second kappa shape index (κ2) is 10.3. The number of rotatable bonds is 9. The first-order chi connectivity index (χ1) is 16.1. The summed E-state index contributed by atoms with van der Waals surface area (Å²) in [5.74, 6) is 1.72. The van der Waals surface area contributed by atoms with E-state index in [4.69, 9.17) is 14.2 Å². The fourth-order valence-electron chi connectivity index (χ4n) is 4.06. The van der Waals surface area contributed by atoms with Gasteiger partial charge < -0.3 is 14.6 Å². The second-order valence-electron chi connectivity index (χ2n) is 8.03. The molecule has 1 N–H and O–H groups in total. The van der Waals surface area contributed by atoms with Crippen LogP contribution in [0.3, 0.4) is 0 Å². The molecule has 1 unspecified atom stereocenters. The van der Waals surface area contributed by atoms with Crippen LogP contribution >= 0.6 is 0 Å². The number of ether oxygens (including phenoxy) is 1. The number of urea groups is 1. The average Bonchev–Trinajstić information content (AvgIpc) is 3.32. The van der Waals surface area contributed by atoms with E-state index in [0.717, 1.165) is 47.4 Å². The Morgan fingerprint density at radius 3 is 2.52 bits per heavy atom. The molecule has 7 nitrogen and oxygen atoms in total. The van der Waals surface area contributed by atoms with E-state index < -0.39 is 6.04 Å². The van der Waals surface area contributed by atoms with Crippen LogP contribution in [-0.4, -0.2) is 34.2 Å². The van der Waals surface area contributed by atoms with E-state index in [-0.39, 0.29) is 6.03 Å². The lowest BCUT2D eigenvalue weighted by Crippen LogP contribution is -2.46. The highest BCUT2D eigenvalue weighted by molar-refractivity contribution is 5.86. The number of hydrogen-bond donors (Lipinski definition) is 1. The maximum atomic E-state index is 13.0. The van der Waals surface area contributed by atoms with E-state index in [0.29, 0.717) is 24.9 Å². The fraction of sp³-hybridized carbons (Fsp3) is 0.346. The Kier molecular flexibility index (Phi) is 7.07.